The number of furan rings is 1. The zero-order valence-electron chi connectivity index (χ0n) is 33.8. The van der Waals surface area contributed by atoms with Crippen LogP contribution in [-0.2, 0) is 11.8 Å². The number of aromatic nitrogens is 1. The van der Waals surface area contributed by atoms with Crippen molar-refractivity contribution < 1.29 is 4.42 Å². The van der Waals surface area contributed by atoms with Crippen LogP contribution >= 0.6 is 0 Å². The summed E-state index contributed by atoms with van der Waals surface area (Å²) in [6.07, 6.45) is 13.7. The Kier molecular flexibility index (Phi) is 7.84. The number of hydrogen-bond acceptors (Lipinski definition) is 2. The van der Waals surface area contributed by atoms with Crippen LogP contribution in [0, 0.1) is 11.8 Å². The Morgan fingerprint density at radius 2 is 1.42 bits per heavy atom. The van der Waals surface area contributed by atoms with E-state index in [1.807, 2.05) is 6.07 Å². The first-order valence-corrected chi connectivity index (χ1v) is 21.4. The predicted octanol–water partition coefficient (Wildman–Crippen LogP) is 15.0. The Morgan fingerprint density at radius 3 is 2.28 bits per heavy atom. The summed E-state index contributed by atoms with van der Waals surface area (Å²) in [6.45, 7) is 4.74. The third kappa shape index (κ3) is 5.15. The molecule has 7 aromatic carbocycles. The lowest BCUT2D eigenvalue weighted by molar-refractivity contribution is 0.575. The highest BCUT2D eigenvalue weighted by Crippen LogP contribution is 2.59. The van der Waals surface area contributed by atoms with Crippen LogP contribution in [0.25, 0.3) is 66.9 Å². The molecule has 60 heavy (non-hydrogen) atoms. The Bertz CT molecular complexity index is 3270. The molecular formula is C57H44N2O. The van der Waals surface area contributed by atoms with Gasteiger partial charge in [0, 0.05) is 50.0 Å². The van der Waals surface area contributed by atoms with Crippen molar-refractivity contribution >= 4 is 50.3 Å². The monoisotopic (exact) mass is 772 g/mol. The second-order valence-corrected chi connectivity index (χ2v) is 17.0. The fourth-order valence-corrected chi connectivity index (χ4v) is 10.8. The van der Waals surface area contributed by atoms with E-state index in [-0.39, 0.29) is 0 Å². The topological polar surface area (TPSA) is 30.1 Å². The smallest absolute Gasteiger partial charge is 0.136 e. The predicted molar refractivity (Wildman–Crippen MR) is 250 cm³/mol. The summed E-state index contributed by atoms with van der Waals surface area (Å²) in [5.74, 6) is 0.799. The van der Waals surface area contributed by atoms with Crippen LogP contribution in [0.2, 0.25) is 0 Å². The lowest BCUT2D eigenvalue weighted by Gasteiger charge is -2.39. The van der Waals surface area contributed by atoms with E-state index in [9.17, 15) is 0 Å². The van der Waals surface area contributed by atoms with Crippen LogP contribution < -0.4 is 5.32 Å². The molecule has 0 fully saturated rings. The van der Waals surface area contributed by atoms with Gasteiger partial charge in [-0.2, -0.15) is 0 Å². The van der Waals surface area contributed by atoms with Gasteiger partial charge in [-0.15, -0.1) is 0 Å². The molecule has 0 saturated carbocycles. The molecule has 0 saturated heterocycles. The number of benzene rings is 7. The maximum Gasteiger partial charge on any atom is 0.136 e. The number of para-hydroxylation sites is 2. The normalized spacial score (nSPS) is 19.1. The summed E-state index contributed by atoms with van der Waals surface area (Å²) in [5.41, 5.74) is 18.9. The highest BCUT2D eigenvalue weighted by molar-refractivity contribution is 6.07. The van der Waals surface area contributed by atoms with Crippen molar-refractivity contribution in [3.63, 3.8) is 0 Å². The second-order valence-electron chi connectivity index (χ2n) is 17.0. The molecule has 2 heterocycles. The zero-order valence-corrected chi connectivity index (χ0v) is 33.8. The van der Waals surface area contributed by atoms with Gasteiger partial charge < -0.3 is 14.3 Å². The minimum atomic E-state index is -0.425. The van der Waals surface area contributed by atoms with Crippen molar-refractivity contribution in [1.29, 1.82) is 0 Å². The first kappa shape index (κ1) is 34.9. The highest BCUT2D eigenvalue weighted by atomic mass is 16.3. The number of anilines is 2. The molecule has 3 atom stereocenters. The zero-order chi connectivity index (χ0) is 40.0. The van der Waals surface area contributed by atoms with Crippen molar-refractivity contribution in [1.82, 2.24) is 4.57 Å². The van der Waals surface area contributed by atoms with E-state index in [0.717, 1.165) is 57.3 Å². The number of nitrogens with zero attached hydrogens (tertiary/aromatic N) is 1. The van der Waals surface area contributed by atoms with Crippen molar-refractivity contribution in [2.75, 3.05) is 5.32 Å². The quantitative estimate of drug-likeness (QED) is 0.182. The fourth-order valence-electron chi connectivity index (χ4n) is 10.8. The van der Waals surface area contributed by atoms with E-state index in [1.54, 1.807) is 0 Å². The third-order valence-corrected chi connectivity index (χ3v) is 13.5. The lowest BCUT2D eigenvalue weighted by Crippen LogP contribution is -2.33. The van der Waals surface area contributed by atoms with Crippen LogP contribution in [0.15, 0.2) is 192 Å². The minimum absolute atomic E-state index is 0.382. The summed E-state index contributed by atoms with van der Waals surface area (Å²) in [4.78, 5) is 0. The van der Waals surface area contributed by atoms with Crippen molar-refractivity contribution in [2.24, 2.45) is 11.8 Å². The summed E-state index contributed by atoms with van der Waals surface area (Å²) in [6, 6.07) is 58.0. The van der Waals surface area contributed by atoms with Crippen LogP contribution in [0.3, 0.4) is 0 Å². The van der Waals surface area contributed by atoms with Crippen molar-refractivity contribution in [3.05, 3.63) is 216 Å². The number of rotatable bonds is 6. The molecule has 0 aliphatic heterocycles. The van der Waals surface area contributed by atoms with Crippen LogP contribution in [0.1, 0.15) is 48.2 Å². The van der Waals surface area contributed by atoms with E-state index < -0.39 is 5.41 Å². The average molecular weight is 773 g/mol. The molecule has 9 aromatic rings. The molecule has 3 unspecified atom stereocenters. The van der Waals surface area contributed by atoms with Gasteiger partial charge in [-0.3, -0.25) is 0 Å². The van der Waals surface area contributed by atoms with Gasteiger partial charge in [-0.1, -0.05) is 147 Å². The van der Waals surface area contributed by atoms with Crippen LogP contribution in [0.5, 0.6) is 0 Å². The van der Waals surface area contributed by atoms with Gasteiger partial charge in [0.15, 0.2) is 0 Å². The van der Waals surface area contributed by atoms with E-state index in [2.05, 4.69) is 206 Å². The average Bonchev–Trinajstić information content (AvgIpc) is 3.92. The van der Waals surface area contributed by atoms with Gasteiger partial charge in [-0.25, -0.2) is 0 Å². The summed E-state index contributed by atoms with van der Waals surface area (Å²) >= 11 is 0. The van der Waals surface area contributed by atoms with Gasteiger partial charge in [0.1, 0.15) is 11.2 Å². The molecule has 3 heteroatoms. The minimum Gasteiger partial charge on any atom is -0.456 e. The van der Waals surface area contributed by atoms with E-state index in [0.29, 0.717) is 11.8 Å². The Morgan fingerprint density at radius 1 is 0.650 bits per heavy atom. The van der Waals surface area contributed by atoms with Gasteiger partial charge in [0.2, 0.25) is 0 Å². The van der Waals surface area contributed by atoms with Gasteiger partial charge in [0.05, 0.1) is 10.9 Å². The maximum absolute atomic E-state index is 6.44. The van der Waals surface area contributed by atoms with Gasteiger partial charge in [-0.05, 0) is 118 Å². The maximum atomic E-state index is 6.44. The Labute approximate surface area is 350 Å². The summed E-state index contributed by atoms with van der Waals surface area (Å²) in [7, 11) is 0. The molecule has 2 aromatic heterocycles. The Balaban J connectivity index is 1.12. The largest absolute Gasteiger partial charge is 0.456 e. The molecule has 0 radical (unpaired) electrons. The molecule has 288 valence electrons. The number of fused-ring (bicyclic) bond motifs is 9. The number of hydrogen-bond donors (Lipinski definition) is 1. The standard InChI is InChI=1S/C57H44N2O/c1-36-25-28-44-48-34-47(38-26-29-46-45-21-11-14-24-55(45)60-56(46)32-38)52(58-40-18-7-4-8-19-40)35-54(48)59(53(44)31-36)41-27-30-43-42-20-10-13-23-50(42)57(51(43)33-41,39-16-5-3-6-17-39)49-22-12-9-15-37(49)2/h3-14,16-30,32-37,58H,15,31H2,1-2H3. The fraction of sp³-hybridized carbons (Fsp3) is 0.123. The molecule has 0 bridgehead atoms. The first-order chi connectivity index (χ1) is 29.6. The van der Waals surface area contributed by atoms with E-state index >= 15 is 0 Å². The lowest BCUT2D eigenvalue weighted by atomic mass is 9.63. The molecule has 3 aliphatic rings. The van der Waals surface area contributed by atoms with Crippen molar-refractivity contribution in [3.8, 4) is 27.9 Å². The molecule has 0 spiro atoms. The summed E-state index contributed by atoms with van der Waals surface area (Å²) < 4.78 is 9.01. The van der Waals surface area contributed by atoms with E-state index in [4.69, 9.17) is 4.42 Å². The van der Waals surface area contributed by atoms with Crippen molar-refractivity contribution in [2.45, 2.75) is 32.1 Å². The summed E-state index contributed by atoms with van der Waals surface area (Å²) in [5, 5.41) is 7.39. The van der Waals surface area contributed by atoms with Gasteiger partial charge in [0.25, 0.3) is 0 Å². The molecule has 0 amide bonds. The van der Waals surface area contributed by atoms with Crippen LogP contribution in [0.4, 0.5) is 11.4 Å². The SMILES string of the molecule is CC1C=Cc2c(n(-c3ccc4c(c3)C(C3=CC=CCC3C)(c3ccccc3)c3ccccc3-4)c3cc(Nc4ccccc4)c(-c4ccc5c(c4)oc4ccccc45)cc23)C1. The van der Waals surface area contributed by atoms with E-state index in [1.165, 1.54) is 61.2 Å². The number of nitrogens with one attached hydrogen (secondary N) is 1. The molecule has 3 aliphatic carbocycles. The first-order valence-electron chi connectivity index (χ1n) is 21.4. The third-order valence-electron chi connectivity index (χ3n) is 13.5. The Hall–Kier alpha value is -7.10. The molecule has 3 nitrogen and oxygen atoms in total. The highest BCUT2D eigenvalue weighted by Gasteiger charge is 2.48. The van der Waals surface area contributed by atoms with Crippen LogP contribution in [-0.4, -0.2) is 4.57 Å². The van der Waals surface area contributed by atoms with Gasteiger partial charge >= 0.3 is 0 Å². The number of allylic oxidation sites excluding steroid dienone is 5. The molecular weight excluding hydrogens is 729 g/mol. The molecule has 1 N–H and O–H groups in total. The second kappa shape index (κ2) is 13.5. The molecule has 12 rings (SSSR count).